The van der Waals surface area contributed by atoms with Gasteiger partial charge in [0.2, 0.25) is 0 Å². The van der Waals surface area contributed by atoms with Crippen LogP contribution in [0.3, 0.4) is 0 Å². The average Bonchev–Trinajstić information content (AvgIpc) is 2.61. The highest BCUT2D eigenvalue weighted by Gasteiger charge is 2.13. The fourth-order valence-electron chi connectivity index (χ4n) is 2.62. The molecular weight excluding hydrogens is 226 g/mol. The standard InChI is InChI=1S/C13H19N5/c1-17-13-10(12(14)16-17)6-7-11(15-13)18-8-4-2-3-5-9-18/h6-7H,2-5,8-9H2,1H3,(H2,14,16). The number of nitrogens with two attached hydrogens (primary N) is 1. The van der Waals surface area contributed by atoms with Crippen LogP contribution in [-0.4, -0.2) is 27.9 Å². The lowest BCUT2D eigenvalue weighted by atomic mass is 10.2. The van der Waals surface area contributed by atoms with Crippen LogP contribution in [0.25, 0.3) is 11.0 Å². The monoisotopic (exact) mass is 245 g/mol. The van der Waals surface area contributed by atoms with Crippen LogP contribution >= 0.6 is 0 Å². The molecule has 3 heterocycles. The number of fused-ring (bicyclic) bond motifs is 1. The molecular formula is C13H19N5. The summed E-state index contributed by atoms with van der Waals surface area (Å²) in [5, 5.41) is 5.15. The second-order valence-electron chi connectivity index (χ2n) is 4.95. The third-order valence-electron chi connectivity index (χ3n) is 3.63. The van der Waals surface area contributed by atoms with Gasteiger partial charge in [-0.15, -0.1) is 0 Å². The van der Waals surface area contributed by atoms with E-state index in [0.29, 0.717) is 5.82 Å². The summed E-state index contributed by atoms with van der Waals surface area (Å²) >= 11 is 0. The first-order chi connectivity index (χ1) is 8.75. The van der Waals surface area contributed by atoms with Crippen molar-refractivity contribution in [2.24, 2.45) is 7.05 Å². The van der Waals surface area contributed by atoms with Crippen LogP contribution in [0.15, 0.2) is 12.1 Å². The molecule has 0 bridgehead atoms. The SMILES string of the molecule is Cn1nc(N)c2ccc(N3CCCCCC3)nc21. The number of aryl methyl sites for hydroxylation is 1. The van der Waals surface area contributed by atoms with E-state index < -0.39 is 0 Å². The number of nitrogens with zero attached hydrogens (tertiary/aromatic N) is 4. The van der Waals surface area contributed by atoms with Crippen LogP contribution in [0, 0.1) is 0 Å². The maximum Gasteiger partial charge on any atom is 0.162 e. The largest absolute Gasteiger partial charge is 0.382 e. The lowest BCUT2D eigenvalue weighted by Gasteiger charge is -2.21. The molecule has 1 aliphatic heterocycles. The highest BCUT2D eigenvalue weighted by Crippen LogP contribution is 2.23. The summed E-state index contributed by atoms with van der Waals surface area (Å²) in [6.45, 7) is 2.21. The maximum atomic E-state index is 5.85. The van der Waals surface area contributed by atoms with Crippen LogP contribution in [0.2, 0.25) is 0 Å². The van der Waals surface area contributed by atoms with Gasteiger partial charge in [0, 0.05) is 20.1 Å². The summed E-state index contributed by atoms with van der Waals surface area (Å²) in [4.78, 5) is 7.08. The molecule has 0 atom stereocenters. The molecule has 0 amide bonds. The number of nitrogen functional groups attached to an aromatic ring is 1. The molecule has 5 nitrogen and oxygen atoms in total. The zero-order valence-electron chi connectivity index (χ0n) is 10.8. The molecule has 0 unspecified atom stereocenters. The van der Waals surface area contributed by atoms with E-state index in [1.54, 1.807) is 4.68 Å². The first-order valence-electron chi connectivity index (χ1n) is 6.60. The minimum absolute atomic E-state index is 0.558. The van der Waals surface area contributed by atoms with E-state index in [1.165, 1.54) is 25.7 Å². The van der Waals surface area contributed by atoms with Gasteiger partial charge in [0.05, 0.1) is 5.39 Å². The predicted octanol–water partition coefficient (Wildman–Crippen LogP) is 1.93. The molecule has 0 spiro atoms. The lowest BCUT2D eigenvalue weighted by Crippen LogP contribution is -2.24. The van der Waals surface area contributed by atoms with E-state index in [0.717, 1.165) is 29.9 Å². The van der Waals surface area contributed by atoms with Crippen molar-refractivity contribution in [3.05, 3.63) is 12.1 Å². The van der Waals surface area contributed by atoms with Crippen LogP contribution in [0.4, 0.5) is 11.6 Å². The quantitative estimate of drug-likeness (QED) is 0.834. The Morgan fingerprint density at radius 3 is 2.56 bits per heavy atom. The molecule has 1 fully saturated rings. The van der Waals surface area contributed by atoms with Crippen molar-refractivity contribution in [3.8, 4) is 0 Å². The second kappa shape index (κ2) is 4.48. The molecule has 2 N–H and O–H groups in total. The van der Waals surface area contributed by atoms with Gasteiger partial charge >= 0.3 is 0 Å². The Morgan fingerprint density at radius 1 is 1.11 bits per heavy atom. The van der Waals surface area contributed by atoms with Gasteiger partial charge in [-0.05, 0) is 25.0 Å². The number of rotatable bonds is 1. The van der Waals surface area contributed by atoms with Crippen LogP contribution in [-0.2, 0) is 7.05 Å². The Kier molecular flexibility index (Phi) is 2.81. The van der Waals surface area contributed by atoms with Gasteiger partial charge in [0.15, 0.2) is 11.5 Å². The zero-order valence-corrected chi connectivity index (χ0v) is 10.8. The average molecular weight is 245 g/mol. The summed E-state index contributed by atoms with van der Waals surface area (Å²) in [7, 11) is 1.89. The van der Waals surface area contributed by atoms with Gasteiger partial charge in [-0.2, -0.15) is 5.10 Å². The molecule has 3 rings (SSSR count). The summed E-state index contributed by atoms with van der Waals surface area (Å²) in [6.07, 6.45) is 5.18. The fourth-order valence-corrected chi connectivity index (χ4v) is 2.62. The first kappa shape index (κ1) is 11.3. The highest BCUT2D eigenvalue weighted by atomic mass is 15.3. The van der Waals surface area contributed by atoms with Crippen molar-refractivity contribution in [2.45, 2.75) is 25.7 Å². The minimum atomic E-state index is 0.558. The van der Waals surface area contributed by atoms with Crippen LogP contribution in [0.5, 0.6) is 0 Å². The Labute approximate surface area is 107 Å². The van der Waals surface area contributed by atoms with Crippen molar-refractivity contribution in [3.63, 3.8) is 0 Å². The zero-order chi connectivity index (χ0) is 12.5. The van der Waals surface area contributed by atoms with Crippen LogP contribution in [0.1, 0.15) is 25.7 Å². The van der Waals surface area contributed by atoms with Gasteiger partial charge < -0.3 is 10.6 Å². The van der Waals surface area contributed by atoms with E-state index in [2.05, 4.69) is 16.1 Å². The van der Waals surface area contributed by atoms with Gasteiger partial charge in [-0.3, -0.25) is 0 Å². The Morgan fingerprint density at radius 2 is 1.83 bits per heavy atom. The topological polar surface area (TPSA) is 60.0 Å². The number of hydrogen-bond donors (Lipinski definition) is 1. The molecule has 1 saturated heterocycles. The van der Waals surface area contributed by atoms with E-state index in [9.17, 15) is 0 Å². The fraction of sp³-hybridized carbons (Fsp3) is 0.538. The molecule has 96 valence electrons. The predicted molar refractivity (Wildman–Crippen MR) is 73.6 cm³/mol. The summed E-state index contributed by atoms with van der Waals surface area (Å²) < 4.78 is 1.76. The van der Waals surface area contributed by atoms with Gasteiger partial charge in [-0.1, -0.05) is 12.8 Å². The Hall–Kier alpha value is -1.78. The molecule has 1 aliphatic rings. The third-order valence-corrected chi connectivity index (χ3v) is 3.63. The van der Waals surface area contributed by atoms with Crippen molar-refractivity contribution >= 4 is 22.7 Å². The molecule has 0 aliphatic carbocycles. The van der Waals surface area contributed by atoms with E-state index in [4.69, 9.17) is 10.7 Å². The van der Waals surface area contributed by atoms with Crippen molar-refractivity contribution in [1.29, 1.82) is 0 Å². The molecule has 0 radical (unpaired) electrons. The van der Waals surface area contributed by atoms with Crippen molar-refractivity contribution in [1.82, 2.24) is 14.8 Å². The summed E-state index contributed by atoms with van der Waals surface area (Å²) in [5.74, 6) is 1.61. The molecule has 0 saturated carbocycles. The maximum absolute atomic E-state index is 5.85. The first-order valence-corrected chi connectivity index (χ1v) is 6.60. The van der Waals surface area contributed by atoms with E-state index in [-0.39, 0.29) is 0 Å². The minimum Gasteiger partial charge on any atom is -0.382 e. The molecule has 2 aromatic rings. The third kappa shape index (κ3) is 1.89. The van der Waals surface area contributed by atoms with Gasteiger partial charge in [-0.25, -0.2) is 9.67 Å². The smallest absolute Gasteiger partial charge is 0.162 e. The normalized spacial score (nSPS) is 17.1. The van der Waals surface area contributed by atoms with E-state index >= 15 is 0 Å². The second-order valence-corrected chi connectivity index (χ2v) is 4.95. The Balaban J connectivity index is 1.99. The van der Waals surface area contributed by atoms with Crippen molar-refractivity contribution < 1.29 is 0 Å². The number of anilines is 2. The molecule has 0 aromatic carbocycles. The number of hydrogen-bond acceptors (Lipinski definition) is 4. The highest BCUT2D eigenvalue weighted by molar-refractivity contribution is 5.87. The number of pyridine rings is 1. The van der Waals surface area contributed by atoms with Gasteiger partial charge in [0.25, 0.3) is 0 Å². The van der Waals surface area contributed by atoms with Crippen molar-refractivity contribution in [2.75, 3.05) is 23.7 Å². The molecule has 5 heteroatoms. The number of aromatic nitrogens is 3. The summed E-state index contributed by atoms with van der Waals surface area (Å²) in [5.41, 5.74) is 6.71. The molecule has 18 heavy (non-hydrogen) atoms. The summed E-state index contributed by atoms with van der Waals surface area (Å²) in [6, 6.07) is 4.09. The Bertz CT molecular complexity index is 552. The van der Waals surface area contributed by atoms with E-state index in [1.807, 2.05) is 13.1 Å². The molecule has 2 aromatic heterocycles. The van der Waals surface area contributed by atoms with Crippen LogP contribution < -0.4 is 10.6 Å². The lowest BCUT2D eigenvalue weighted by molar-refractivity contribution is 0.726. The van der Waals surface area contributed by atoms with Gasteiger partial charge in [0.1, 0.15) is 5.82 Å².